The standard InChI is InChI=1S/C19H29N3O3.ClH/c1-3-22-8-7-15(11-18(22)23)19(24)20-17-13-21(9-10-25-4-2)12-16(17)14-5-6-14;/h7-8,11,14,16-17H,3-6,9-10,12-13H2,1-2H3,(H,20,24);1H/t16-,17+;/m1./s1. The summed E-state index contributed by atoms with van der Waals surface area (Å²) in [4.78, 5) is 26.9. The van der Waals surface area contributed by atoms with Gasteiger partial charge in [0, 0.05) is 56.7 Å². The summed E-state index contributed by atoms with van der Waals surface area (Å²) in [6, 6.07) is 3.33. The largest absolute Gasteiger partial charge is 0.380 e. The van der Waals surface area contributed by atoms with E-state index in [9.17, 15) is 9.59 Å². The molecule has 1 aromatic rings. The topological polar surface area (TPSA) is 63.6 Å². The van der Waals surface area contributed by atoms with Crippen molar-refractivity contribution < 1.29 is 9.53 Å². The molecule has 0 spiro atoms. The maximum Gasteiger partial charge on any atom is 0.251 e. The van der Waals surface area contributed by atoms with Crippen LogP contribution in [0.5, 0.6) is 0 Å². The van der Waals surface area contributed by atoms with E-state index in [0.717, 1.165) is 38.8 Å². The normalized spacial score (nSPS) is 22.8. The maximum absolute atomic E-state index is 12.6. The van der Waals surface area contributed by atoms with E-state index in [1.807, 2.05) is 13.8 Å². The Morgan fingerprint density at radius 3 is 2.69 bits per heavy atom. The van der Waals surface area contributed by atoms with E-state index in [2.05, 4.69) is 10.2 Å². The van der Waals surface area contributed by atoms with Gasteiger partial charge in [-0.2, -0.15) is 0 Å². The fraction of sp³-hybridized carbons (Fsp3) is 0.684. The molecule has 1 aliphatic heterocycles. The summed E-state index contributed by atoms with van der Waals surface area (Å²) in [5.41, 5.74) is 0.329. The number of nitrogens with zero attached hydrogens (tertiary/aromatic N) is 2. The lowest BCUT2D eigenvalue weighted by Crippen LogP contribution is -2.41. The van der Waals surface area contributed by atoms with Crippen LogP contribution in [0.4, 0.5) is 0 Å². The molecular formula is C19H30ClN3O3. The Bertz CT molecular complexity index is 660. The predicted molar refractivity (Wildman–Crippen MR) is 104 cm³/mol. The van der Waals surface area contributed by atoms with E-state index >= 15 is 0 Å². The highest BCUT2D eigenvalue weighted by atomic mass is 35.5. The third-order valence-corrected chi connectivity index (χ3v) is 5.34. The number of rotatable bonds is 8. The van der Waals surface area contributed by atoms with Crippen LogP contribution >= 0.6 is 12.4 Å². The minimum absolute atomic E-state index is 0. The molecule has 1 saturated carbocycles. The molecule has 7 heteroatoms. The highest BCUT2D eigenvalue weighted by molar-refractivity contribution is 5.94. The van der Waals surface area contributed by atoms with E-state index in [-0.39, 0.29) is 29.9 Å². The van der Waals surface area contributed by atoms with Crippen LogP contribution in [-0.2, 0) is 11.3 Å². The molecule has 6 nitrogen and oxygen atoms in total. The smallest absolute Gasteiger partial charge is 0.251 e. The molecule has 2 aliphatic rings. The molecule has 1 N–H and O–H groups in total. The summed E-state index contributed by atoms with van der Waals surface area (Å²) >= 11 is 0. The second kappa shape index (κ2) is 9.53. The second-order valence-electron chi connectivity index (χ2n) is 7.08. The van der Waals surface area contributed by atoms with Crippen molar-refractivity contribution in [1.82, 2.24) is 14.8 Å². The molecule has 26 heavy (non-hydrogen) atoms. The number of amides is 1. The number of hydrogen-bond acceptors (Lipinski definition) is 4. The first-order valence-corrected chi connectivity index (χ1v) is 9.43. The fourth-order valence-corrected chi connectivity index (χ4v) is 3.75. The number of carbonyl (C=O) groups excluding carboxylic acids is 1. The molecule has 0 unspecified atom stereocenters. The number of nitrogens with one attached hydrogen (secondary N) is 1. The number of aromatic nitrogens is 1. The quantitative estimate of drug-likeness (QED) is 0.695. The Kier molecular flexibility index (Phi) is 7.68. The van der Waals surface area contributed by atoms with Crippen LogP contribution < -0.4 is 10.9 Å². The van der Waals surface area contributed by atoms with E-state index in [1.54, 1.807) is 16.8 Å². The summed E-state index contributed by atoms with van der Waals surface area (Å²) in [6.07, 6.45) is 4.23. The first-order chi connectivity index (χ1) is 12.1. The minimum Gasteiger partial charge on any atom is -0.380 e. The van der Waals surface area contributed by atoms with Crippen molar-refractivity contribution in [2.24, 2.45) is 11.8 Å². The predicted octanol–water partition coefficient (Wildman–Crippen LogP) is 1.77. The van der Waals surface area contributed by atoms with Gasteiger partial charge < -0.3 is 14.6 Å². The molecule has 3 rings (SSSR count). The summed E-state index contributed by atoms with van der Waals surface area (Å²) in [6.45, 7) is 8.82. The van der Waals surface area contributed by atoms with Crippen LogP contribution in [0.3, 0.4) is 0 Å². The molecule has 0 bridgehead atoms. The van der Waals surface area contributed by atoms with E-state index in [0.29, 0.717) is 18.0 Å². The molecule has 1 amide bonds. The molecule has 2 fully saturated rings. The van der Waals surface area contributed by atoms with Crippen LogP contribution in [0.2, 0.25) is 0 Å². The van der Waals surface area contributed by atoms with E-state index < -0.39 is 0 Å². The lowest BCUT2D eigenvalue weighted by atomic mass is 9.98. The van der Waals surface area contributed by atoms with E-state index in [4.69, 9.17) is 4.74 Å². The van der Waals surface area contributed by atoms with Crippen LogP contribution in [0.1, 0.15) is 37.0 Å². The first-order valence-electron chi connectivity index (χ1n) is 9.43. The number of aryl methyl sites for hydroxylation is 1. The van der Waals surface area contributed by atoms with Crippen molar-refractivity contribution in [3.8, 4) is 0 Å². The molecule has 1 aliphatic carbocycles. The highest BCUT2D eigenvalue weighted by Crippen LogP contribution is 2.41. The third kappa shape index (κ3) is 5.09. The van der Waals surface area contributed by atoms with Crippen molar-refractivity contribution in [2.45, 2.75) is 39.3 Å². The zero-order valence-corrected chi connectivity index (χ0v) is 16.5. The van der Waals surface area contributed by atoms with Crippen LogP contribution in [0.15, 0.2) is 23.1 Å². The maximum atomic E-state index is 12.6. The van der Waals surface area contributed by atoms with Gasteiger partial charge in [0.2, 0.25) is 0 Å². The lowest BCUT2D eigenvalue weighted by molar-refractivity contribution is 0.0926. The number of likely N-dealkylation sites (tertiary alicyclic amines) is 1. The zero-order valence-electron chi connectivity index (χ0n) is 15.6. The molecule has 1 saturated heterocycles. The molecule has 1 aromatic heterocycles. The highest BCUT2D eigenvalue weighted by Gasteiger charge is 2.42. The van der Waals surface area contributed by atoms with Gasteiger partial charge in [-0.25, -0.2) is 0 Å². The number of ether oxygens (including phenoxy) is 1. The molecular weight excluding hydrogens is 354 g/mol. The molecule has 146 valence electrons. The van der Waals surface area contributed by atoms with Gasteiger partial charge in [0.25, 0.3) is 11.5 Å². The van der Waals surface area contributed by atoms with Gasteiger partial charge in [-0.05, 0) is 44.6 Å². The zero-order chi connectivity index (χ0) is 17.8. The van der Waals surface area contributed by atoms with Gasteiger partial charge in [0.05, 0.1) is 6.61 Å². The summed E-state index contributed by atoms with van der Waals surface area (Å²) < 4.78 is 7.05. The Morgan fingerprint density at radius 1 is 1.31 bits per heavy atom. The van der Waals surface area contributed by atoms with Gasteiger partial charge in [0.15, 0.2) is 0 Å². The Balaban J connectivity index is 0.00000243. The Hall–Kier alpha value is -1.37. The van der Waals surface area contributed by atoms with Crippen molar-refractivity contribution in [2.75, 3.05) is 32.8 Å². The molecule has 2 heterocycles. The second-order valence-corrected chi connectivity index (χ2v) is 7.08. The number of carbonyl (C=O) groups is 1. The number of hydrogen-bond donors (Lipinski definition) is 1. The van der Waals surface area contributed by atoms with Gasteiger partial charge in [-0.3, -0.25) is 14.5 Å². The van der Waals surface area contributed by atoms with Crippen LogP contribution in [0, 0.1) is 11.8 Å². The summed E-state index contributed by atoms with van der Waals surface area (Å²) in [5, 5.41) is 3.18. The first kappa shape index (κ1) is 20.9. The number of pyridine rings is 1. The molecule has 2 atom stereocenters. The Labute approximate surface area is 161 Å². The molecule has 0 radical (unpaired) electrons. The summed E-state index contributed by atoms with van der Waals surface area (Å²) in [7, 11) is 0. The lowest BCUT2D eigenvalue weighted by Gasteiger charge is -2.19. The van der Waals surface area contributed by atoms with Crippen molar-refractivity contribution in [3.63, 3.8) is 0 Å². The molecule has 0 aromatic carbocycles. The van der Waals surface area contributed by atoms with E-state index in [1.165, 1.54) is 18.9 Å². The minimum atomic E-state index is -0.136. The van der Waals surface area contributed by atoms with Crippen molar-refractivity contribution in [3.05, 3.63) is 34.2 Å². The van der Waals surface area contributed by atoms with Gasteiger partial charge in [-0.15, -0.1) is 12.4 Å². The van der Waals surface area contributed by atoms with Crippen LogP contribution in [0.25, 0.3) is 0 Å². The fourth-order valence-electron chi connectivity index (χ4n) is 3.75. The van der Waals surface area contributed by atoms with Gasteiger partial charge in [0.1, 0.15) is 0 Å². The third-order valence-electron chi connectivity index (χ3n) is 5.34. The monoisotopic (exact) mass is 383 g/mol. The Morgan fingerprint density at radius 2 is 2.08 bits per heavy atom. The van der Waals surface area contributed by atoms with Crippen LogP contribution in [-0.4, -0.2) is 54.3 Å². The van der Waals surface area contributed by atoms with Crippen molar-refractivity contribution in [1.29, 1.82) is 0 Å². The van der Waals surface area contributed by atoms with Gasteiger partial charge >= 0.3 is 0 Å². The number of halogens is 1. The summed E-state index contributed by atoms with van der Waals surface area (Å²) in [5.74, 6) is 1.11. The average Bonchev–Trinajstić information content (AvgIpc) is 3.37. The van der Waals surface area contributed by atoms with Gasteiger partial charge in [-0.1, -0.05) is 0 Å². The van der Waals surface area contributed by atoms with Crippen molar-refractivity contribution >= 4 is 18.3 Å². The average molecular weight is 384 g/mol. The SMILES string of the molecule is CCOCCN1C[C@H](NC(=O)c2ccn(CC)c(=O)c2)[C@@H](C2CC2)C1.Cl.